The smallest absolute Gasteiger partial charge is 0.309 e. The summed E-state index contributed by atoms with van der Waals surface area (Å²) in [6.07, 6.45) is 0.909. The highest BCUT2D eigenvalue weighted by atomic mass is 19.1. The van der Waals surface area contributed by atoms with Crippen LogP contribution in [0.15, 0.2) is 10.7 Å². The van der Waals surface area contributed by atoms with Gasteiger partial charge in [-0.2, -0.15) is 0 Å². The van der Waals surface area contributed by atoms with Crippen molar-refractivity contribution in [3.63, 3.8) is 0 Å². The number of nitrogens with zero attached hydrogens (tertiary/aromatic N) is 1. The molecule has 0 fully saturated rings. The monoisotopic (exact) mass is 159 g/mol. The summed E-state index contributed by atoms with van der Waals surface area (Å²) >= 11 is 0. The zero-order chi connectivity index (χ0) is 8.27. The summed E-state index contributed by atoms with van der Waals surface area (Å²) in [5.74, 6) is -1.09. The van der Waals surface area contributed by atoms with E-state index >= 15 is 0 Å². The van der Waals surface area contributed by atoms with Gasteiger partial charge in [-0.05, 0) is 0 Å². The summed E-state index contributed by atoms with van der Waals surface area (Å²) in [7, 11) is 0. The van der Waals surface area contributed by atoms with E-state index in [1.165, 1.54) is 0 Å². The van der Waals surface area contributed by atoms with Gasteiger partial charge in [0, 0.05) is 0 Å². The summed E-state index contributed by atoms with van der Waals surface area (Å²) in [5, 5.41) is 8.27. The quantitative estimate of drug-likeness (QED) is 0.707. The Kier molecular flexibility index (Phi) is 2.20. The largest absolute Gasteiger partial charge is 0.481 e. The van der Waals surface area contributed by atoms with Crippen molar-refractivity contribution < 1.29 is 18.7 Å². The topological polar surface area (TPSA) is 63.3 Å². The number of oxazole rings is 1. The number of carboxylic acids is 1. The lowest BCUT2D eigenvalue weighted by atomic mass is 10.3. The van der Waals surface area contributed by atoms with Gasteiger partial charge in [-0.25, -0.2) is 9.37 Å². The van der Waals surface area contributed by atoms with E-state index in [9.17, 15) is 9.18 Å². The third-order valence-corrected chi connectivity index (χ3v) is 1.05. The lowest BCUT2D eigenvalue weighted by Gasteiger charge is -1.84. The maximum Gasteiger partial charge on any atom is 0.309 e. The number of aromatic nitrogens is 1. The van der Waals surface area contributed by atoms with Crippen molar-refractivity contribution in [1.29, 1.82) is 0 Å². The predicted octanol–water partition coefficient (Wildman–Crippen LogP) is 0.771. The van der Waals surface area contributed by atoms with Gasteiger partial charge in [-0.3, -0.25) is 4.79 Å². The normalized spacial score (nSPS) is 9.91. The fourth-order valence-corrected chi connectivity index (χ4v) is 0.646. The molecule has 0 saturated carbocycles. The van der Waals surface area contributed by atoms with E-state index < -0.39 is 12.6 Å². The van der Waals surface area contributed by atoms with Gasteiger partial charge in [0.2, 0.25) is 5.89 Å². The zero-order valence-corrected chi connectivity index (χ0v) is 5.58. The van der Waals surface area contributed by atoms with E-state index in [1.54, 1.807) is 0 Å². The number of hydrogen-bond acceptors (Lipinski definition) is 3. The molecule has 1 aromatic heterocycles. The Balaban J connectivity index is 2.65. The van der Waals surface area contributed by atoms with Crippen molar-refractivity contribution in [1.82, 2.24) is 4.98 Å². The molecule has 0 aliphatic heterocycles. The van der Waals surface area contributed by atoms with Gasteiger partial charge in [0.05, 0.1) is 12.1 Å². The molecule has 0 saturated heterocycles. The second-order valence-corrected chi connectivity index (χ2v) is 1.94. The summed E-state index contributed by atoms with van der Waals surface area (Å²) in [6.45, 7) is -0.806. The third kappa shape index (κ3) is 2.03. The van der Waals surface area contributed by atoms with Gasteiger partial charge in [-0.1, -0.05) is 0 Å². The van der Waals surface area contributed by atoms with Gasteiger partial charge in [-0.15, -0.1) is 0 Å². The van der Waals surface area contributed by atoms with Gasteiger partial charge in [0.15, 0.2) is 6.67 Å². The molecule has 0 radical (unpaired) electrons. The Morgan fingerprint density at radius 3 is 3.00 bits per heavy atom. The molecule has 0 bridgehead atoms. The lowest BCUT2D eigenvalue weighted by Crippen LogP contribution is -2.00. The Hall–Kier alpha value is -1.39. The second kappa shape index (κ2) is 3.14. The van der Waals surface area contributed by atoms with Crippen LogP contribution in [-0.2, 0) is 17.9 Å². The van der Waals surface area contributed by atoms with Crippen LogP contribution >= 0.6 is 0 Å². The number of alkyl halides is 1. The number of halogens is 1. The molecule has 1 N–H and O–H groups in total. The minimum Gasteiger partial charge on any atom is -0.481 e. The van der Waals surface area contributed by atoms with Crippen LogP contribution in [0.25, 0.3) is 0 Å². The van der Waals surface area contributed by atoms with E-state index in [-0.39, 0.29) is 18.0 Å². The molecule has 1 aromatic rings. The molecule has 4 nitrogen and oxygen atoms in total. The molecule has 0 aromatic carbocycles. The Morgan fingerprint density at radius 1 is 1.82 bits per heavy atom. The third-order valence-electron chi connectivity index (χ3n) is 1.05. The van der Waals surface area contributed by atoms with Gasteiger partial charge < -0.3 is 9.52 Å². The van der Waals surface area contributed by atoms with Crippen molar-refractivity contribution >= 4 is 5.97 Å². The highest BCUT2D eigenvalue weighted by molar-refractivity contribution is 5.69. The Labute approximate surface area is 61.7 Å². The summed E-state index contributed by atoms with van der Waals surface area (Å²) in [5.41, 5.74) is 0.241. The van der Waals surface area contributed by atoms with E-state index in [1.807, 2.05) is 0 Å². The summed E-state index contributed by atoms with van der Waals surface area (Å²) in [4.78, 5) is 13.6. The molecule has 0 atom stereocenters. The fourth-order valence-electron chi connectivity index (χ4n) is 0.646. The van der Waals surface area contributed by atoms with E-state index in [4.69, 9.17) is 5.11 Å². The number of carboxylic acid groups (broad SMARTS) is 1. The van der Waals surface area contributed by atoms with Crippen LogP contribution in [0.3, 0.4) is 0 Å². The number of hydrogen-bond donors (Lipinski definition) is 1. The summed E-state index contributed by atoms with van der Waals surface area (Å²) < 4.78 is 16.3. The van der Waals surface area contributed by atoms with E-state index in [0.29, 0.717) is 0 Å². The first-order chi connectivity index (χ1) is 5.22. The van der Waals surface area contributed by atoms with Crippen LogP contribution in [0.2, 0.25) is 0 Å². The number of rotatable bonds is 3. The molecule has 0 unspecified atom stereocenters. The Morgan fingerprint density at radius 2 is 2.55 bits per heavy atom. The molecular weight excluding hydrogens is 153 g/mol. The molecule has 1 rings (SSSR count). The minimum absolute atomic E-state index is 0.0822. The highest BCUT2D eigenvalue weighted by Crippen LogP contribution is 2.03. The Bertz CT molecular complexity index is 258. The van der Waals surface area contributed by atoms with Gasteiger partial charge in [0.25, 0.3) is 0 Å². The summed E-state index contributed by atoms with van der Waals surface area (Å²) in [6, 6.07) is 0. The standard InChI is InChI=1S/C6H6FNO3/c7-2-5-8-4(3-11-5)1-6(9)10/h3H,1-2H2,(H,9,10). The van der Waals surface area contributed by atoms with Crippen LogP contribution in [0.1, 0.15) is 11.6 Å². The fraction of sp³-hybridized carbons (Fsp3) is 0.333. The molecule has 1 heterocycles. The first kappa shape index (κ1) is 7.71. The van der Waals surface area contributed by atoms with Crippen LogP contribution in [0, 0.1) is 0 Å². The van der Waals surface area contributed by atoms with Crippen LogP contribution in [0.5, 0.6) is 0 Å². The van der Waals surface area contributed by atoms with Crippen molar-refractivity contribution in [2.45, 2.75) is 13.1 Å². The van der Waals surface area contributed by atoms with Gasteiger partial charge >= 0.3 is 5.97 Å². The minimum atomic E-state index is -1.01. The first-order valence-electron chi connectivity index (χ1n) is 2.93. The average molecular weight is 159 g/mol. The zero-order valence-electron chi connectivity index (χ0n) is 5.58. The van der Waals surface area contributed by atoms with Gasteiger partial charge in [0.1, 0.15) is 6.26 Å². The SMILES string of the molecule is O=C(O)Cc1coc(CF)n1. The molecule has 0 amide bonds. The lowest BCUT2D eigenvalue weighted by molar-refractivity contribution is -0.136. The molecule has 0 aliphatic carbocycles. The molecule has 0 spiro atoms. The van der Waals surface area contributed by atoms with E-state index in [0.717, 1.165) is 6.26 Å². The highest BCUT2D eigenvalue weighted by Gasteiger charge is 2.06. The van der Waals surface area contributed by atoms with Crippen molar-refractivity contribution in [2.24, 2.45) is 0 Å². The number of carbonyl (C=O) groups is 1. The van der Waals surface area contributed by atoms with Crippen LogP contribution in [-0.4, -0.2) is 16.1 Å². The van der Waals surface area contributed by atoms with Crippen molar-refractivity contribution in [3.8, 4) is 0 Å². The van der Waals surface area contributed by atoms with Crippen molar-refractivity contribution in [3.05, 3.63) is 17.8 Å². The molecular formula is C6H6FNO3. The maximum absolute atomic E-state index is 11.8. The average Bonchev–Trinajstić information content (AvgIpc) is 2.34. The molecule has 5 heteroatoms. The van der Waals surface area contributed by atoms with E-state index in [2.05, 4.69) is 9.40 Å². The molecule has 60 valence electrons. The predicted molar refractivity (Wildman–Crippen MR) is 32.7 cm³/mol. The number of aliphatic carboxylic acids is 1. The van der Waals surface area contributed by atoms with Crippen LogP contribution < -0.4 is 0 Å². The molecule has 11 heavy (non-hydrogen) atoms. The van der Waals surface area contributed by atoms with Crippen molar-refractivity contribution in [2.75, 3.05) is 0 Å². The molecule has 0 aliphatic rings. The first-order valence-corrected chi connectivity index (χ1v) is 2.93. The maximum atomic E-state index is 11.8. The van der Waals surface area contributed by atoms with Crippen LogP contribution in [0.4, 0.5) is 4.39 Å². The second-order valence-electron chi connectivity index (χ2n) is 1.94.